The van der Waals surface area contributed by atoms with Crippen molar-refractivity contribution in [3.8, 4) is 0 Å². The Balaban J connectivity index is 2.77. The number of benzene rings is 1. The molecule has 0 radical (unpaired) electrons. The van der Waals surface area contributed by atoms with Crippen molar-refractivity contribution in [2.45, 2.75) is 18.6 Å². The zero-order chi connectivity index (χ0) is 13.5. The summed E-state index contributed by atoms with van der Waals surface area (Å²) in [7, 11) is 0. The lowest BCUT2D eigenvalue weighted by atomic mass is 10.0. The van der Waals surface area contributed by atoms with Crippen molar-refractivity contribution in [2.24, 2.45) is 0 Å². The molecule has 1 rings (SSSR count). The maximum atomic E-state index is 11.2. The van der Waals surface area contributed by atoms with E-state index in [0.717, 1.165) is 5.56 Å². The Bertz CT molecular complexity index is 410. The quantitative estimate of drug-likeness (QED) is 0.654. The number of aliphatic hydroxyl groups is 1. The molecule has 1 aromatic carbocycles. The van der Waals surface area contributed by atoms with Gasteiger partial charge in [-0.3, -0.25) is 4.79 Å². The molecule has 0 saturated heterocycles. The molecule has 0 bridgehead atoms. The number of aliphatic carboxylic acids is 1. The van der Waals surface area contributed by atoms with Crippen LogP contribution in [0.15, 0.2) is 30.3 Å². The number of amides is 1. The van der Waals surface area contributed by atoms with E-state index >= 15 is 0 Å². The standard InChI is InChI=1S/C12H14ClNO4/c13-7-10(15)14-9(11(16)12(17)18)6-8-4-2-1-3-5-8/h1-5,9,11,16H,6-7H2,(H,14,15)(H,17,18). The molecular weight excluding hydrogens is 258 g/mol. The van der Waals surface area contributed by atoms with E-state index < -0.39 is 24.0 Å². The summed E-state index contributed by atoms with van der Waals surface area (Å²) >= 11 is 5.34. The van der Waals surface area contributed by atoms with Crippen molar-refractivity contribution in [1.29, 1.82) is 0 Å². The van der Waals surface area contributed by atoms with Crippen molar-refractivity contribution in [3.05, 3.63) is 35.9 Å². The van der Waals surface area contributed by atoms with Crippen LogP contribution in [-0.2, 0) is 16.0 Å². The van der Waals surface area contributed by atoms with Crippen molar-refractivity contribution in [1.82, 2.24) is 5.32 Å². The Labute approximate surface area is 109 Å². The minimum atomic E-state index is -1.67. The highest BCUT2D eigenvalue weighted by molar-refractivity contribution is 6.27. The van der Waals surface area contributed by atoms with Gasteiger partial charge in [0.1, 0.15) is 5.88 Å². The van der Waals surface area contributed by atoms with Crippen LogP contribution in [0.3, 0.4) is 0 Å². The number of hydrogen-bond donors (Lipinski definition) is 3. The van der Waals surface area contributed by atoms with Gasteiger partial charge in [0.05, 0.1) is 6.04 Å². The molecule has 0 spiro atoms. The summed E-state index contributed by atoms with van der Waals surface area (Å²) in [4.78, 5) is 22.0. The lowest BCUT2D eigenvalue weighted by Crippen LogP contribution is -2.48. The zero-order valence-electron chi connectivity index (χ0n) is 9.54. The van der Waals surface area contributed by atoms with Crippen LogP contribution >= 0.6 is 11.6 Å². The average Bonchev–Trinajstić information content (AvgIpc) is 2.38. The third-order valence-corrected chi connectivity index (χ3v) is 2.64. The molecule has 0 fully saturated rings. The highest BCUT2D eigenvalue weighted by Gasteiger charge is 2.27. The van der Waals surface area contributed by atoms with Gasteiger partial charge in [-0.1, -0.05) is 30.3 Å². The first kappa shape index (κ1) is 14.5. The molecular formula is C12H14ClNO4. The number of aliphatic hydroxyl groups excluding tert-OH is 1. The first-order valence-electron chi connectivity index (χ1n) is 5.34. The summed E-state index contributed by atoms with van der Waals surface area (Å²) in [5.74, 6) is -2.18. The number of carbonyl (C=O) groups is 2. The number of carboxylic acid groups (broad SMARTS) is 1. The number of alkyl halides is 1. The predicted molar refractivity (Wildman–Crippen MR) is 66.4 cm³/mol. The summed E-state index contributed by atoms with van der Waals surface area (Å²) in [6, 6.07) is 8.08. The Morgan fingerprint density at radius 2 is 1.89 bits per heavy atom. The van der Waals surface area contributed by atoms with Crippen LogP contribution in [-0.4, -0.2) is 40.1 Å². The highest BCUT2D eigenvalue weighted by atomic mass is 35.5. The number of nitrogens with one attached hydrogen (secondary N) is 1. The molecule has 0 saturated carbocycles. The first-order valence-corrected chi connectivity index (χ1v) is 5.88. The van der Waals surface area contributed by atoms with Crippen LogP contribution in [0.1, 0.15) is 5.56 Å². The topological polar surface area (TPSA) is 86.6 Å². The first-order chi connectivity index (χ1) is 8.54. The fourth-order valence-electron chi connectivity index (χ4n) is 1.53. The van der Waals surface area contributed by atoms with E-state index in [2.05, 4.69) is 5.32 Å². The fourth-order valence-corrected chi connectivity index (χ4v) is 1.60. The minimum Gasteiger partial charge on any atom is -0.479 e. The maximum Gasteiger partial charge on any atom is 0.334 e. The summed E-state index contributed by atoms with van der Waals surface area (Å²) in [6.07, 6.45) is -1.45. The van der Waals surface area contributed by atoms with E-state index in [-0.39, 0.29) is 12.3 Å². The maximum absolute atomic E-state index is 11.2. The number of carbonyl (C=O) groups excluding carboxylic acids is 1. The van der Waals surface area contributed by atoms with Gasteiger partial charge in [-0.15, -0.1) is 11.6 Å². The molecule has 1 aromatic rings. The lowest BCUT2D eigenvalue weighted by Gasteiger charge is -2.21. The monoisotopic (exact) mass is 271 g/mol. The van der Waals surface area contributed by atoms with E-state index in [0.29, 0.717) is 0 Å². The van der Waals surface area contributed by atoms with Gasteiger partial charge in [0, 0.05) is 0 Å². The van der Waals surface area contributed by atoms with Crippen LogP contribution in [0.5, 0.6) is 0 Å². The predicted octanol–water partition coefficient (Wildman–Crippen LogP) is 0.398. The van der Waals surface area contributed by atoms with Gasteiger partial charge in [0.25, 0.3) is 0 Å². The molecule has 6 heteroatoms. The minimum absolute atomic E-state index is 0.219. The van der Waals surface area contributed by atoms with Crippen molar-refractivity contribution < 1.29 is 19.8 Å². The third-order valence-electron chi connectivity index (χ3n) is 2.40. The van der Waals surface area contributed by atoms with Crippen molar-refractivity contribution >= 4 is 23.5 Å². The van der Waals surface area contributed by atoms with E-state index in [1.165, 1.54) is 0 Å². The van der Waals surface area contributed by atoms with Gasteiger partial charge < -0.3 is 15.5 Å². The summed E-state index contributed by atoms with van der Waals surface area (Å²) in [5, 5.41) is 20.7. The molecule has 3 N–H and O–H groups in total. The normalized spacial score (nSPS) is 13.7. The number of hydrogen-bond acceptors (Lipinski definition) is 3. The molecule has 1 amide bonds. The highest BCUT2D eigenvalue weighted by Crippen LogP contribution is 2.07. The van der Waals surface area contributed by atoms with Crippen LogP contribution in [0, 0.1) is 0 Å². The van der Waals surface area contributed by atoms with Gasteiger partial charge in [-0.2, -0.15) is 0 Å². The molecule has 0 aromatic heterocycles. The Morgan fingerprint density at radius 3 is 2.39 bits per heavy atom. The molecule has 0 aliphatic rings. The van der Waals surface area contributed by atoms with Crippen molar-refractivity contribution in [2.75, 3.05) is 5.88 Å². The largest absolute Gasteiger partial charge is 0.479 e. The molecule has 0 heterocycles. The Hall–Kier alpha value is -1.59. The Kier molecular flexibility index (Phi) is 5.61. The van der Waals surface area contributed by atoms with Gasteiger partial charge in [-0.05, 0) is 12.0 Å². The average molecular weight is 272 g/mol. The smallest absolute Gasteiger partial charge is 0.334 e. The van der Waals surface area contributed by atoms with Crippen LogP contribution in [0.2, 0.25) is 0 Å². The molecule has 98 valence electrons. The SMILES string of the molecule is O=C(CCl)NC(Cc1ccccc1)C(O)C(=O)O. The molecule has 18 heavy (non-hydrogen) atoms. The number of rotatable bonds is 6. The molecule has 5 nitrogen and oxygen atoms in total. The van der Waals surface area contributed by atoms with Crippen LogP contribution in [0.4, 0.5) is 0 Å². The summed E-state index contributed by atoms with van der Waals surface area (Å²) in [5.41, 5.74) is 0.817. The fraction of sp³-hybridized carbons (Fsp3) is 0.333. The summed E-state index contributed by atoms with van der Waals surface area (Å²) in [6.45, 7) is 0. The second kappa shape index (κ2) is 6.98. The van der Waals surface area contributed by atoms with Gasteiger partial charge >= 0.3 is 5.97 Å². The van der Waals surface area contributed by atoms with Crippen molar-refractivity contribution in [3.63, 3.8) is 0 Å². The Morgan fingerprint density at radius 1 is 1.28 bits per heavy atom. The number of carboxylic acids is 1. The van der Waals surface area contributed by atoms with Gasteiger partial charge in [-0.25, -0.2) is 4.79 Å². The van der Waals surface area contributed by atoms with Crippen LogP contribution in [0.25, 0.3) is 0 Å². The molecule has 0 aliphatic carbocycles. The van der Waals surface area contributed by atoms with E-state index in [1.807, 2.05) is 6.07 Å². The van der Waals surface area contributed by atoms with E-state index in [9.17, 15) is 14.7 Å². The van der Waals surface area contributed by atoms with Gasteiger partial charge in [0.15, 0.2) is 6.10 Å². The lowest BCUT2D eigenvalue weighted by molar-refractivity contribution is -0.148. The van der Waals surface area contributed by atoms with Crippen LogP contribution < -0.4 is 5.32 Å². The molecule has 2 unspecified atom stereocenters. The molecule has 2 atom stereocenters. The third kappa shape index (κ3) is 4.35. The van der Waals surface area contributed by atoms with Gasteiger partial charge in [0.2, 0.25) is 5.91 Å². The zero-order valence-corrected chi connectivity index (χ0v) is 10.3. The number of halogens is 1. The molecule has 0 aliphatic heterocycles. The second-order valence-electron chi connectivity index (χ2n) is 3.78. The van der Waals surface area contributed by atoms with E-state index in [4.69, 9.17) is 16.7 Å². The van der Waals surface area contributed by atoms with E-state index in [1.54, 1.807) is 24.3 Å². The summed E-state index contributed by atoms with van der Waals surface area (Å²) < 4.78 is 0. The second-order valence-corrected chi connectivity index (χ2v) is 4.05.